The quantitative estimate of drug-likeness (QED) is 0.776. The van der Waals surface area contributed by atoms with Crippen molar-refractivity contribution >= 4 is 35.2 Å². The van der Waals surface area contributed by atoms with Gasteiger partial charge in [-0.25, -0.2) is 0 Å². The molecule has 1 heterocycles. The molecule has 0 bridgehead atoms. The lowest BCUT2D eigenvalue weighted by Gasteiger charge is -2.23. The highest BCUT2D eigenvalue weighted by Gasteiger charge is 2.29. The van der Waals surface area contributed by atoms with Crippen LogP contribution in [0.25, 0.3) is 0 Å². The number of carbonyl (C=O) groups is 3. The highest BCUT2D eigenvalue weighted by Crippen LogP contribution is 2.36. The van der Waals surface area contributed by atoms with Crippen LogP contribution in [0.1, 0.15) is 26.7 Å². The number of thioether (sulfide) groups is 1. The van der Waals surface area contributed by atoms with E-state index in [9.17, 15) is 14.4 Å². The van der Waals surface area contributed by atoms with Crippen LogP contribution in [0.4, 0.5) is 5.69 Å². The first kappa shape index (κ1) is 17.3. The zero-order valence-corrected chi connectivity index (χ0v) is 13.9. The lowest BCUT2D eigenvalue weighted by molar-refractivity contribution is -0.149. The highest BCUT2D eigenvalue weighted by atomic mass is 32.2. The monoisotopic (exact) mass is 336 g/mol. The molecule has 124 valence electrons. The van der Waals surface area contributed by atoms with Gasteiger partial charge >= 0.3 is 5.97 Å². The second kappa shape index (κ2) is 8.01. The SMILES string of the molecule is CC[C@H](C)NC(=O)COC(=O)C[C@H]1Sc2ccccc2NC1=O. The summed E-state index contributed by atoms with van der Waals surface area (Å²) >= 11 is 1.33. The van der Waals surface area contributed by atoms with Gasteiger partial charge in [-0.3, -0.25) is 14.4 Å². The first-order chi connectivity index (χ1) is 11.0. The molecule has 23 heavy (non-hydrogen) atoms. The molecule has 1 aliphatic heterocycles. The highest BCUT2D eigenvalue weighted by molar-refractivity contribution is 8.01. The normalized spacial score (nSPS) is 17.7. The van der Waals surface area contributed by atoms with Crippen LogP contribution in [0.5, 0.6) is 0 Å². The van der Waals surface area contributed by atoms with Crippen LogP contribution in [0.15, 0.2) is 29.2 Å². The number of esters is 1. The molecule has 7 heteroatoms. The van der Waals surface area contributed by atoms with E-state index in [1.165, 1.54) is 11.8 Å². The molecule has 1 aromatic carbocycles. The van der Waals surface area contributed by atoms with E-state index in [-0.39, 0.29) is 30.9 Å². The Morgan fingerprint density at radius 2 is 2.13 bits per heavy atom. The summed E-state index contributed by atoms with van der Waals surface area (Å²) < 4.78 is 4.94. The minimum atomic E-state index is -0.559. The van der Waals surface area contributed by atoms with Crippen molar-refractivity contribution in [3.8, 4) is 0 Å². The van der Waals surface area contributed by atoms with Gasteiger partial charge in [0, 0.05) is 10.9 Å². The van der Waals surface area contributed by atoms with E-state index in [1.807, 2.05) is 38.1 Å². The third kappa shape index (κ3) is 4.99. The van der Waals surface area contributed by atoms with Gasteiger partial charge in [0.25, 0.3) is 5.91 Å². The lowest BCUT2D eigenvalue weighted by atomic mass is 10.2. The molecule has 0 fully saturated rings. The molecule has 0 saturated carbocycles. The topological polar surface area (TPSA) is 84.5 Å². The molecule has 0 aromatic heterocycles. The number of hydrogen-bond acceptors (Lipinski definition) is 5. The maximum absolute atomic E-state index is 12.0. The van der Waals surface area contributed by atoms with E-state index in [0.717, 1.165) is 17.0 Å². The van der Waals surface area contributed by atoms with E-state index < -0.39 is 11.2 Å². The molecule has 2 amide bonds. The van der Waals surface area contributed by atoms with E-state index in [0.29, 0.717) is 0 Å². The van der Waals surface area contributed by atoms with Crippen LogP contribution in [-0.2, 0) is 19.1 Å². The molecular formula is C16H20N2O4S. The Kier molecular flexibility index (Phi) is 6.04. The van der Waals surface area contributed by atoms with Crippen molar-refractivity contribution in [1.29, 1.82) is 0 Å². The largest absolute Gasteiger partial charge is 0.456 e. The van der Waals surface area contributed by atoms with Gasteiger partial charge in [0.2, 0.25) is 5.91 Å². The van der Waals surface area contributed by atoms with Crippen LogP contribution in [0.2, 0.25) is 0 Å². The Morgan fingerprint density at radius 3 is 2.87 bits per heavy atom. The third-order valence-corrected chi connectivity index (χ3v) is 4.72. The zero-order valence-electron chi connectivity index (χ0n) is 13.1. The third-order valence-electron chi connectivity index (χ3n) is 3.44. The average Bonchev–Trinajstić information content (AvgIpc) is 2.53. The summed E-state index contributed by atoms with van der Waals surface area (Å²) in [6, 6.07) is 7.45. The van der Waals surface area contributed by atoms with Crippen molar-refractivity contribution in [2.75, 3.05) is 11.9 Å². The van der Waals surface area contributed by atoms with Crippen molar-refractivity contribution in [3.05, 3.63) is 24.3 Å². The number of hydrogen-bond donors (Lipinski definition) is 2. The van der Waals surface area contributed by atoms with Crippen molar-refractivity contribution in [2.45, 2.75) is 42.9 Å². The van der Waals surface area contributed by atoms with E-state index in [4.69, 9.17) is 4.74 Å². The summed E-state index contributed by atoms with van der Waals surface area (Å²) in [7, 11) is 0. The number of para-hydroxylation sites is 1. The number of nitrogens with one attached hydrogen (secondary N) is 2. The molecular weight excluding hydrogens is 316 g/mol. The van der Waals surface area contributed by atoms with E-state index >= 15 is 0 Å². The number of fused-ring (bicyclic) bond motifs is 1. The fourth-order valence-corrected chi connectivity index (χ4v) is 3.10. The lowest BCUT2D eigenvalue weighted by Crippen LogP contribution is -2.36. The van der Waals surface area contributed by atoms with Gasteiger partial charge in [-0.1, -0.05) is 19.1 Å². The summed E-state index contributed by atoms with van der Waals surface area (Å²) in [5, 5.41) is 4.93. The Labute approximate surface area is 139 Å². The Morgan fingerprint density at radius 1 is 1.39 bits per heavy atom. The molecule has 0 saturated heterocycles. The summed E-state index contributed by atoms with van der Waals surface area (Å²) in [6.07, 6.45) is 0.736. The smallest absolute Gasteiger partial charge is 0.307 e. The number of rotatable bonds is 6. The van der Waals surface area contributed by atoms with Crippen molar-refractivity contribution in [2.24, 2.45) is 0 Å². The van der Waals surface area contributed by atoms with Crippen molar-refractivity contribution < 1.29 is 19.1 Å². The molecule has 6 nitrogen and oxygen atoms in total. The van der Waals surface area contributed by atoms with E-state index in [2.05, 4.69) is 10.6 Å². The van der Waals surface area contributed by atoms with E-state index in [1.54, 1.807) is 0 Å². The number of amides is 2. The molecule has 1 aromatic rings. The minimum Gasteiger partial charge on any atom is -0.456 e. The van der Waals surface area contributed by atoms with Crippen LogP contribution in [0, 0.1) is 0 Å². The number of anilines is 1. The average molecular weight is 336 g/mol. The summed E-state index contributed by atoms with van der Waals surface area (Å²) in [5.74, 6) is -1.12. The van der Waals surface area contributed by atoms with Gasteiger partial charge in [-0.2, -0.15) is 0 Å². The van der Waals surface area contributed by atoms with Crippen LogP contribution in [0.3, 0.4) is 0 Å². The first-order valence-electron chi connectivity index (χ1n) is 7.51. The van der Waals surface area contributed by atoms with Crippen LogP contribution >= 0.6 is 11.8 Å². The van der Waals surface area contributed by atoms with Gasteiger partial charge in [-0.15, -0.1) is 11.8 Å². The first-order valence-corrected chi connectivity index (χ1v) is 8.39. The molecule has 0 aliphatic carbocycles. The minimum absolute atomic E-state index is 0.0392. The predicted octanol–water partition coefficient (Wildman–Crippen LogP) is 1.95. The van der Waals surface area contributed by atoms with Crippen molar-refractivity contribution in [1.82, 2.24) is 5.32 Å². The fraction of sp³-hybridized carbons (Fsp3) is 0.438. The molecule has 2 N–H and O–H groups in total. The molecule has 0 spiro atoms. The summed E-state index contributed by atoms with van der Waals surface area (Å²) in [5.41, 5.74) is 0.750. The molecule has 1 aliphatic rings. The zero-order chi connectivity index (χ0) is 16.8. The summed E-state index contributed by atoms with van der Waals surface area (Å²) in [4.78, 5) is 36.3. The second-order valence-corrected chi connectivity index (χ2v) is 6.58. The maximum Gasteiger partial charge on any atom is 0.307 e. The number of carbonyl (C=O) groups excluding carboxylic acids is 3. The molecule has 2 rings (SSSR count). The number of ether oxygens (including phenoxy) is 1. The Hall–Kier alpha value is -2.02. The second-order valence-electron chi connectivity index (χ2n) is 5.33. The standard InChI is InChI=1S/C16H20N2O4S/c1-3-10(2)17-14(19)9-22-15(20)8-13-16(21)18-11-6-4-5-7-12(11)23-13/h4-7,10,13H,3,8-9H2,1-2H3,(H,17,19)(H,18,21)/t10-,13+/m0/s1. The Balaban J connectivity index is 1.82. The van der Waals surface area contributed by atoms with Gasteiger partial charge in [0.05, 0.1) is 17.4 Å². The maximum atomic E-state index is 12.0. The van der Waals surface area contributed by atoms with Crippen LogP contribution in [-0.4, -0.2) is 35.7 Å². The molecule has 2 atom stereocenters. The molecule has 0 radical (unpaired) electrons. The van der Waals surface area contributed by atoms with Crippen LogP contribution < -0.4 is 10.6 Å². The van der Waals surface area contributed by atoms with Gasteiger partial charge < -0.3 is 15.4 Å². The predicted molar refractivity (Wildman–Crippen MR) is 88.2 cm³/mol. The fourth-order valence-electron chi connectivity index (χ4n) is 2.00. The van der Waals surface area contributed by atoms with Crippen molar-refractivity contribution in [3.63, 3.8) is 0 Å². The van der Waals surface area contributed by atoms with Gasteiger partial charge in [-0.05, 0) is 25.5 Å². The number of benzene rings is 1. The van der Waals surface area contributed by atoms with Gasteiger partial charge in [0.15, 0.2) is 6.61 Å². The molecule has 0 unspecified atom stereocenters. The summed E-state index contributed by atoms with van der Waals surface area (Å²) in [6.45, 7) is 3.51. The Bertz CT molecular complexity index is 605. The van der Waals surface area contributed by atoms with Gasteiger partial charge in [0.1, 0.15) is 0 Å².